The van der Waals surface area contributed by atoms with Crippen molar-refractivity contribution in [1.82, 2.24) is 0 Å². The van der Waals surface area contributed by atoms with Crippen LogP contribution in [0.5, 0.6) is 0 Å². The van der Waals surface area contributed by atoms with E-state index in [1.807, 2.05) is 0 Å². The Hall–Kier alpha value is -2.12. The first-order valence-electron chi connectivity index (χ1n) is 9.83. The highest BCUT2D eigenvalue weighted by Crippen LogP contribution is 2.70. The normalized spacial score (nSPS) is 48.4. The molecule has 0 radical (unpaired) electrons. The number of rotatable bonds is 2. The van der Waals surface area contributed by atoms with Crippen LogP contribution in [0, 0.1) is 22.7 Å². The van der Waals surface area contributed by atoms with E-state index in [0.29, 0.717) is 18.4 Å². The van der Waals surface area contributed by atoms with E-state index in [0.717, 1.165) is 0 Å². The van der Waals surface area contributed by atoms with Crippen LogP contribution in [0.15, 0.2) is 36.0 Å². The van der Waals surface area contributed by atoms with E-state index in [-0.39, 0.29) is 24.2 Å². The Morgan fingerprint density at radius 2 is 1.93 bits per heavy atom. The van der Waals surface area contributed by atoms with Crippen molar-refractivity contribution in [3.8, 4) is 0 Å². The number of fused-ring (bicyclic) bond motifs is 5. The number of carbonyl (C=O) groups is 3. The van der Waals surface area contributed by atoms with Crippen molar-refractivity contribution in [2.45, 2.75) is 56.9 Å². The first kappa shape index (κ1) is 20.2. The van der Waals surface area contributed by atoms with Gasteiger partial charge in [0, 0.05) is 16.7 Å². The van der Waals surface area contributed by atoms with Crippen LogP contribution < -0.4 is 0 Å². The lowest BCUT2D eigenvalue weighted by Gasteiger charge is -2.62. The maximum Gasteiger partial charge on any atom is 0.375 e. The van der Waals surface area contributed by atoms with Gasteiger partial charge in [0.1, 0.15) is 0 Å². The molecule has 156 valence electrons. The molecule has 4 aliphatic rings. The lowest BCUT2D eigenvalue weighted by molar-refractivity contribution is -0.215. The second-order valence-corrected chi connectivity index (χ2v) is 9.42. The quantitative estimate of drug-likeness (QED) is 0.479. The first-order valence-corrected chi connectivity index (χ1v) is 9.83. The predicted octanol–water partition coefficient (Wildman–Crippen LogP) is 1.91. The van der Waals surface area contributed by atoms with Gasteiger partial charge in [-0.05, 0) is 56.3 Å². The smallest absolute Gasteiger partial charge is 0.375 e. The number of alkyl halides is 1. The van der Waals surface area contributed by atoms with Gasteiger partial charge in [0.05, 0.1) is 6.10 Å². The van der Waals surface area contributed by atoms with E-state index >= 15 is 4.39 Å². The number of carboxylic acid groups (broad SMARTS) is 1. The molecule has 0 unspecified atom stereocenters. The molecule has 6 nitrogen and oxygen atoms in total. The van der Waals surface area contributed by atoms with Crippen molar-refractivity contribution in [1.29, 1.82) is 0 Å². The lowest BCUT2D eigenvalue weighted by Crippen LogP contribution is -2.69. The minimum absolute atomic E-state index is 0.0507. The number of halogens is 1. The highest BCUT2D eigenvalue weighted by atomic mass is 19.1. The molecule has 29 heavy (non-hydrogen) atoms. The molecule has 4 rings (SSSR count). The SMILES string of the molecule is C=C1C[C@H]2[C@@H]3CCC4=CC(=O)C=C[C@]4(C)[C@@]3(F)[C@@H](O)C[C@]2(C)[C@@]1(O)C(=O)C(=O)O. The van der Waals surface area contributed by atoms with Gasteiger partial charge in [0.25, 0.3) is 5.78 Å². The number of Topliss-reactive ketones (excluding diaryl/α,β-unsaturated/α-hetero) is 1. The summed E-state index contributed by atoms with van der Waals surface area (Å²) in [6.45, 7) is 6.98. The zero-order valence-corrected chi connectivity index (χ0v) is 16.4. The summed E-state index contributed by atoms with van der Waals surface area (Å²) in [5.41, 5.74) is -6.35. The predicted molar refractivity (Wildman–Crippen MR) is 100 cm³/mol. The van der Waals surface area contributed by atoms with Gasteiger partial charge in [-0.3, -0.25) is 9.59 Å². The molecule has 7 heteroatoms. The van der Waals surface area contributed by atoms with Gasteiger partial charge in [-0.2, -0.15) is 0 Å². The molecular formula is C22H25FO6. The molecule has 0 aromatic carbocycles. The molecule has 0 bridgehead atoms. The van der Waals surface area contributed by atoms with Crippen LogP contribution in [0.1, 0.15) is 39.5 Å². The summed E-state index contributed by atoms with van der Waals surface area (Å²) >= 11 is 0. The Morgan fingerprint density at radius 1 is 1.28 bits per heavy atom. The maximum absolute atomic E-state index is 16.8. The number of aliphatic hydroxyl groups is 2. The number of allylic oxidation sites excluding steroid dienone is 4. The zero-order valence-electron chi connectivity index (χ0n) is 16.4. The van der Waals surface area contributed by atoms with Crippen LogP contribution in [0.2, 0.25) is 0 Å². The highest BCUT2D eigenvalue weighted by molar-refractivity contribution is 6.37. The van der Waals surface area contributed by atoms with E-state index in [1.54, 1.807) is 13.8 Å². The van der Waals surface area contributed by atoms with Gasteiger partial charge in [0.2, 0.25) is 0 Å². The van der Waals surface area contributed by atoms with E-state index < -0.39 is 51.8 Å². The zero-order chi connectivity index (χ0) is 21.6. The molecule has 0 spiro atoms. The van der Waals surface area contributed by atoms with Gasteiger partial charge in [0.15, 0.2) is 17.1 Å². The third kappa shape index (κ3) is 2.10. The molecule has 3 N–H and O–H groups in total. The number of carbonyl (C=O) groups excluding carboxylic acids is 2. The number of hydrogen-bond acceptors (Lipinski definition) is 5. The summed E-state index contributed by atoms with van der Waals surface area (Å²) < 4.78 is 16.8. The van der Waals surface area contributed by atoms with Crippen molar-refractivity contribution in [3.63, 3.8) is 0 Å². The molecule has 4 aliphatic carbocycles. The summed E-state index contributed by atoms with van der Waals surface area (Å²) in [5, 5.41) is 31.6. The molecule has 0 aliphatic heterocycles. The van der Waals surface area contributed by atoms with E-state index in [1.165, 1.54) is 18.2 Å². The van der Waals surface area contributed by atoms with Crippen molar-refractivity contribution in [2.75, 3.05) is 0 Å². The Labute approximate surface area is 167 Å². The van der Waals surface area contributed by atoms with Crippen LogP contribution >= 0.6 is 0 Å². The molecule has 3 fully saturated rings. The number of aliphatic hydroxyl groups excluding tert-OH is 1. The molecule has 3 saturated carbocycles. The number of aliphatic carboxylic acids is 1. The molecule has 0 amide bonds. The third-order valence-electron chi connectivity index (χ3n) is 8.36. The molecule has 0 heterocycles. The topological polar surface area (TPSA) is 112 Å². The van der Waals surface area contributed by atoms with Crippen LogP contribution in [-0.2, 0) is 14.4 Å². The number of hydrogen-bond donors (Lipinski definition) is 3. The minimum atomic E-state index is -2.36. The van der Waals surface area contributed by atoms with Gasteiger partial charge in [-0.1, -0.05) is 25.2 Å². The monoisotopic (exact) mass is 404 g/mol. The standard InChI is InChI=1S/C22H25FO6/c1-11-8-15-14-5-4-12-9-13(24)6-7-19(12,2)21(14,23)16(25)10-20(15,3)22(11,29)17(26)18(27)28/h6-7,9,14-16,25,29H,1,4-5,8,10H2,2-3H3,(H,27,28)/t14-,15-,16-,19-,20-,21-,22-/m0/s1. The fourth-order valence-corrected chi connectivity index (χ4v) is 6.75. The molecule has 0 aromatic rings. The number of carboxylic acids is 1. The van der Waals surface area contributed by atoms with Crippen LogP contribution in [0.3, 0.4) is 0 Å². The lowest BCUT2D eigenvalue weighted by atomic mass is 9.44. The van der Waals surface area contributed by atoms with Gasteiger partial charge >= 0.3 is 5.97 Å². The third-order valence-corrected chi connectivity index (χ3v) is 8.36. The fraction of sp³-hybridized carbons (Fsp3) is 0.591. The summed E-state index contributed by atoms with van der Waals surface area (Å²) in [7, 11) is 0. The summed E-state index contributed by atoms with van der Waals surface area (Å²) in [6, 6.07) is 0. The van der Waals surface area contributed by atoms with Gasteiger partial charge < -0.3 is 15.3 Å². The average molecular weight is 404 g/mol. The van der Waals surface area contributed by atoms with E-state index in [2.05, 4.69) is 6.58 Å². The summed E-state index contributed by atoms with van der Waals surface area (Å²) in [6.07, 6.45) is 3.28. The Morgan fingerprint density at radius 3 is 2.55 bits per heavy atom. The summed E-state index contributed by atoms with van der Waals surface area (Å²) in [4.78, 5) is 35.7. The summed E-state index contributed by atoms with van der Waals surface area (Å²) in [5.74, 6) is -4.69. The van der Waals surface area contributed by atoms with Crippen molar-refractivity contribution in [2.24, 2.45) is 22.7 Å². The molecule has 0 saturated heterocycles. The maximum atomic E-state index is 16.8. The van der Waals surface area contributed by atoms with Crippen LogP contribution in [0.25, 0.3) is 0 Å². The number of ketones is 2. The molecule has 7 atom stereocenters. The van der Waals surface area contributed by atoms with E-state index in [9.17, 15) is 29.7 Å². The molecular weight excluding hydrogens is 379 g/mol. The Balaban J connectivity index is 1.85. The Kier molecular flexibility index (Phi) is 3.98. The second kappa shape index (κ2) is 5.73. The van der Waals surface area contributed by atoms with Crippen molar-refractivity contribution >= 4 is 17.5 Å². The largest absolute Gasteiger partial charge is 0.475 e. The first-order chi connectivity index (χ1) is 13.3. The molecule has 0 aromatic heterocycles. The minimum Gasteiger partial charge on any atom is -0.475 e. The van der Waals surface area contributed by atoms with E-state index in [4.69, 9.17) is 0 Å². The van der Waals surface area contributed by atoms with Crippen molar-refractivity contribution in [3.05, 3.63) is 36.0 Å². The van der Waals surface area contributed by atoms with Crippen LogP contribution in [0.4, 0.5) is 4.39 Å². The van der Waals surface area contributed by atoms with Crippen LogP contribution in [-0.4, -0.2) is 50.2 Å². The average Bonchev–Trinajstić information content (AvgIpc) is 2.84. The van der Waals surface area contributed by atoms with Gasteiger partial charge in [-0.15, -0.1) is 0 Å². The fourth-order valence-electron chi connectivity index (χ4n) is 6.75. The van der Waals surface area contributed by atoms with Gasteiger partial charge in [-0.25, -0.2) is 9.18 Å². The Bertz CT molecular complexity index is 920. The highest BCUT2D eigenvalue weighted by Gasteiger charge is 2.75. The van der Waals surface area contributed by atoms with Crippen molar-refractivity contribution < 1.29 is 34.1 Å². The second-order valence-electron chi connectivity index (χ2n) is 9.42.